The van der Waals surface area contributed by atoms with Gasteiger partial charge in [-0.1, -0.05) is 29.6 Å². The van der Waals surface area contributed by atoms with Crippen molar-refractivity contribution in [1.82, 2.24) is 9.88 Å². The Morgan fingerprint density at radius 3 is 2.55 bits per heavy atom. The van der Waals surface area contributed by atoms with Crippen LogP contribution in [-0.4, -0.2) is 24.0 Å². The summed E-state index contributed by atoms with van der Waals surface area (Å²) in [6.07, 6.45) is 3.69. The first kappa shape index (κ1) is 14.1. The first-order chi connectivity index (χ1) is 9.56. The van der Waals surface area contributed by atoms with Gasteiger partial charge in [0.2, 0.25) is 0 Å². The van der Waals surface area contributed by atoms with E-state index < -0.39 is 0 Å². The summed E-state index contributed by atoms with van der Waals surface area (Å²) >= 11 is 12.8. The number of nitrogens with zero attached hydrogens (tertiary/aromatic N) is 2. The van der Waals surface area contributed by atoms with Gasteiger partial charge in [-0.3, -0.25) is 4.98 Å². The molecule has 0 saturated heterocycles. The molecule has 0 unspecified atom stereocenters. The van der Waals surface area contributed by atoms with Crippen LogP contribution < -0.4 is 0 Å². The first-order valence-electron chi connectivity index (χ1n) is 6.98. The molecule has 0 N–H and O–H groups in total. The van der Waals surface area contributed by atoms with Gasteiger partial charge in [-0.25, -0.2) is 0 Å². The minimum absolute atomic E-state index is 0.546. The van der Waals surface area contributed by atoms with E-state index in [0.717, 1.165) is 28.2 Å². The Hall–Kier alpha value is -0.830. The zero-order valence-corrected chi connectivity index (χ0v) is 13.3. The third-order valence-electron chi connectivity index (χ3n) is 3.97. The van der Waals surface area contributed by atoms with Gasteiger partial charge in [-0.2, -0.15) is 0 Å². The summed E-state index contributed by atoms with van der Waals surface area (Å²) in [6.45, 7) is 0.824. The monoisotopic (exact) mass is 308 g/mol. The lowest BCUT2D eigenvalue weighted by atomic mass is 9.79. The van der Waals surface area contributed by atoms with Crippen molar-refractivity contribution in [2.45, 2.75) is 31.7 Å². The molecule has 4 heteroatoms. The molecule has 1 aliphatic carbocycles. The van der Waals surface area contributed by atoms with E-state index in [0.29, 0.717) is 10.9 Å². The number of benzene rings is 1. The van der Waals surface area contributed by atoms with Crippen LogP contribution in [0.5, 0.6) is 0 Å². The Kier molecular flexibility index (Phi) is 3.89. The molecule has 0 bridgehead atoms. The van der Waals surface area contributed by atoms with Crippen LogP contribution >= 0.6 is 23.2 Å². The van der Waals surface area contributed by atoms with Gasteiger partial charge >= 0.3 is 0 Å². The molecule has 2 nitrogen and oxygen atoms in total. The maximum Gasteiger partial charge on any atom is 0.0770 e. The molecule has 1 aromatic carbocycles. The molecule has 2 aromatic rings. The number of pyridine rings is 1. The van der Waals surface area contributed by atoms with Crippen molar-refractivity contribution in [1.29, 1.82) is 0 Å². The van der Waals surface area contributed by atoms with Crippen LogP contribution in [0.15, 0.2) is 18.2 Å². The second kappa shape index (κ2) is 5.51. The summed E-state index contributed by atoms with van der Waals surface area (Å²) in [7, 11) is 4.09. The van der Waals surface area contributed by atoms with Gasteiger partial charge in [-0.05, 0) is 51.1 Å². The average Bonchev–Trinajstić information content (AvgIpc) is 2.31. The van der Waals surface area contributed by atoms with Gasteiger partial charge in [0.05, 0.1) is 16.2 Å². The highest BCUT2D eigenvalue weighted by Gasteiger charge is 2.25. The van der Waals surface area contributed by atoms with Crippen LogP contribution in [0.4, 0.5) is 0 Å². The van der Waals surface area contributed by atoms with E-state index in [4.69, 9.17) is 28.2 Å². The second-order valence-corrected chi connectivity index (χ2v) is 6.63. The fourth-order valence-corrected chi connectivity index (χ4v) is 3.45. The number of rotatable bonds is 3. The molecule has 1 aromatic heterocycles. The molecule has 3 rings (SSSR count). The van der Waals surface area contributed by atoms with Crippen molar-refractivity contribution in [3.8, 4) is 0 Å². The van der Waals surface area contributed by atoms with Gasteiger partial charge in [0.25, 0.3) is 0 Å². The van der Waals surface area contributed by atoms with E-state index in [9.17, 15) is 0 Å². The highest BCUT2D eigenvalue weighted by molar-refractivity contribution is 6.39. The molecule has 0 radical (unpaired) electrons. The van der Waals surface area contributed by atoms with E-state index in [1.54, 1.807) is 0 Å². The SMILES string of the molecule is CN(C)Cc1ccc2c(Cl)cc(Cl)c(C3CCC3)c2n1. The van der Waals surface area contributed by atoms with E-state index in [1.807, 2.05) is 26.2 Å². The van der Waals surface area contributed by atoms with Gasteiger partial charge in [-0.15, -0.1) is 0 Å². The van der Waals surface area contributed by atoms with Crippen LogP contribution in [0.3, 0.4) is 0 Å². The van der Waals surface area contributed by atoms with Crippen molar-refractivity contribution >= 4 is 34.1 Å². The van der Waals surface area contributed by atoms with E-state index >= 15 is 0 Å². The Balaban J connectivity index is 2.18. The normalized spacial score (nSPS) is 15.8. The molecular formula is C16H18Cl2N2. The molecule has 1 saturated carbocycles. The van der Waals surface area contributed by atoms with Crippen molar-refractivity contribution in [2.75, 3.05) is 14.1 Å². The van der Waals surface area contributed by atoms with Crippen LogP contribution in [0, 0.1) is 0 Å². The number of hydrogen-bond acceptors (Lipinski definition) is 2. The third kappa shape index (κ3) is 2.52. The zero-order chi connectivity index (χ0) is 14.3. The Bertz CT molecular complexity index is 648. The van der Waals surface area contributed by atoms with Crippen LogP contribution in [0.1, 0.15) is 36.4 Å². The summed E-state index contributed by atoms with van der Waals surface area (Å²) < 4.78 is 0. The molecule has 1 heterocycles. The van der Waals surface area contributed by atoms with E-state index in [2.05, 4.69) is 11.0 Å². The fourth-order valence-electron chi connectivity index (χ4n) is 2.77. The molecule has 20 heavy (non-hydrogen) atoms. The largest absolute Gasteiger partial charge is 0.304 e. The Morgan fingerprint density at radius 2 is 1.95 bits per heavy atom. The predicted molar refractivity (Wildman–Crippen MR) is 85.7 cm³/mol. The Labute approximate surface area is 129 Å². The van der Waals surface area contributed by atoms with Crippen molar-refractivity contribution in [2.24, 2.45) is 0 Å². The van der Waals surface area contributed by atoms with Gasteiger partial charge < -0.3 is 4.90 Å². The molecule has 0 aliphatic heterocycles. The van der Waals surface area contributed by atoms with E-state index in [1.165, 1.54) is 24.8 Å². The summed E-state index contributed by atoms with van der Waals surface area (Å²) in [5, 5.41) is 2.47. The lowest BCUT2D eigenvalue weighted by Gasteiger charge is -2.28. The maximum absolute atomic E-state index is 6.44. The standard InChI is InChI=1S/C16H18Cl2N2/c1-20(2)9-11-6-7-12-13(17)8-14(18)15(16(12)19-11)10-4-3-5-10/h6-8,10H,3-5,9H2,1-2H3. The van der Waals surface area contributed by atoms with E-state index in [-0.39, 0.29) is 0 Å². The lowest BCUT2D eigenvalue weighted by Crippen LogP contribution is -2.13. The van der Waals surface area contributed by atoms with Gasteiger partial charge in [0.15, 0.2) is 0 Å². The maximum atomic E-state index is 6.44. The molecule has 106 valence electrons. The second-order valence-electron chi connectivity index (χ2n) is 5.82. The molecular weight excluding hydrogens is 291 g/mol. The number of aromatic nitrogens is 1. The molecule has 1 fully saturated rings. The van der Waals surface area contributed by atoms with Crippen molar-refractivity contribution in [3.63, 3.8) is 0 Å². The Morgan fingerprint density at radius 1 is 1.20 bits per heavy atom. The highest BCUT2D eigenvalue weighted by Crippen LogP contribution is 2.44. The lowest BCUT2D eigenvalue weighted by molar-refractivity contribution is 0.397. The molecule has 0 atom stereocenters. The van der Waals surface area contributed by atoms with Gasteiger partial charge in [0.1, 0.15) is 0 Å². The minimum Gasteiger partial charge on any atom is -0.304 e. The third-order valence-corrected chi connectivity index (χ3v) is 4.59. The topological polar surface area (TPSA) is 16.1 Å². The number of halogens is 2. The zero-order valence-electron chi connectivity index (χ0n) is 11.8. The molecule has 0 amide bonds. The molecule has 0 spiro atoms. The molecule has 1 aliphatic rings. The van der Waals surface area contributed by atoms with Gasteiger partial charge in [0, 0.05) is 22.5 Å². The van der Waals surface area contributed by atoms with Crippen LogP contribution in [0.2, 0.25) is 10.0 Å². The first-order valence-corrected chi connectivity index (χ1v) is 7.74. The number of hydrogen-bond donors (Lipinski definition) is 0. The number of fused-ring (bicyclic) bond motifs is 1. The van der Waals surface area contributed by atoms with Crippen molar-refractivity contribution in [3.05, 3.63) is 39.5 Å². The van der Waals surface area contributed by atoms with Crippen molar-refractivity contribution < 1.29 is 0 Å². The quantitative estimate of drug-likeness (QED) is 0.804. The summed E-state index contributed by atoms with van der Waals surface area (Å²) in [5.74, 6) is 0.546. The summed E-state index contributed by atoms with van der Waals surface area (Å²) in [6, 6.07) is 5.99. The minimum atomic E-state index is 0.546. The average molecular weight is 309 g/mol. The van der Waals surface area contributed by atoms with Crippen LogP contribution in [0.25, 0.3) is 10.9 Å². The fraction of sp³-hybridized carbons (Fsp3) is 0.438. The smallest absolute Gasteiger partial charge is 0.0770 e. The summed E-state index contributed by atoms with van der Waals surface area (Å²) in [4.78, 5) is 6.94. The summed E-state index contributed by atoms with van der Waals surface area (Å²) in [5.41, 5.74) is 3.24. The highest BCUT2D eigenvalue weighted by atomic mass is 35.5. The predicted octanol–water partition coefficient (Wildman–Crippen LogP) is 4.87. The van der Waals surface area contributed by atoms with Crippen LogP contribution in [-0.2, 0) is 6.54 Å².